The molecule has 1 aliphatic heterocycles. The lowest BCUT2D eigenvalue weighted by atomic mass is 10.0. The number of nitriles is 1. The zero-order valence-electron chi connectivity index (χ0n) is 18.0. The maximum Gasteiger partial charge on any atom is 0.315 e. The topological polar surface area (TPSA) is 88.5 Å². The summed E-state index contributed by atoms with van der Waals surface area (Å²) in [5.74, 6) is -0.186. The minimum absolute atomic E-state index is 0.0912. The minimum Gasteiger partial charge on any atom is -0.338 e. The van der Waals surface area contributed by atoms with E-state index < -0.39 is 12.1 Å². The maximum absolute atomic E-state index is 13.0. The number of nitrogens with zero attached hydrogens (tertiary/aromatic N) is 3. The number of piperazine rings is 1. The Morgan fingerprint density at radius 3 is 2.33 bits per heavy atom. The van der Waals surface area contributed by atoms with Crippen molar-refractivity contribution in [2.45, 2.75) is 52.2 Å². The number of urea groups is 1. The van der Waals surface area contributed by atoms with Crippen molar-refractivity contribution in [2.24, 2.45) is 5.92 Å². The lowest BCUT2D eigenvalue weighted by Gasteiger charge is -2.39. The van der Waals surface area contributed by atoms with Gasteiger partial charge in [-0.05, 0) is 30.0 Å². The Bertz CT molecular complexity index is 739. The number of rotatable bonds is 8. The van der Waals surface area contributed by atoms with Crippen molar-refractivity contribution in [2.75, 3.05) is 26.2 Å². The van der Waals surface area contributed by atoms with Crippen LogP contribution >= 0.6 is 0 Å². The van der Waals surface area contributed by atoms with Crippen molar-refractivity contribution >= 4 is 11.9 Å². The normalized spacial score (nSPS) is 16.6. The van der Waals surface area contributed by atoms with Gasteiger partial charge < -0.3 is 15.5 Å². The second-order valence-electron chi connectivity index (χ2n) is 7.97. The Labute approximate surface area is 178 Å². The number of halogens is 1. The van der Waals surface area contributed by atoms with Crippen LogP contribution in [-0.2, 0) is 11.3 Å². The monoisotopic (exact) mass is 417 g/mol. The summed E-state index contributed by atoms with van der Waals surface area (Å²) < 4.78 is 13.0. The molecule has 30 heavy (non-hydrogen) atoms. The van der Waals surface area contributed by atoms with Gasteiger partial charge in [0.15, 0.2) is 0 Å². The molecule has 7 nitrogen and oxygen atoms in total. The third kappa shape index (κ3) is 6.70. The molecule has 1 saturated heterocycles. The molecular weight excluding hydrogens is 385 g/mol. The highest BCUT2D eigenvalue weighted by molar-refractivity contribution is 5.87. The second-order valence-corrected chi connectivity index (χ2v) is 7.97. The molecular formula is C22H32FN5O2. The van der Waals surface area contributed by atoms with Gasteiger partial charge in [-0.1, -0.05) is 39.3 Å². The van der Waals surface area contributed by atoms with E-state index in [2.05, 4.69) is 21.6 Å². The highest BCUT2D eigenvalue weighted by atomic mass is 19.1. The molecule has 8 heteroatoms. The van der Waals surface area contributed by atoms with Crippen molar-refractivity contribution in [3.05, 3.63) is 35.6 Å². The number of amides is 3. The number of benzene rings is 1. The van der Waals surface area contributed by atoms with E-state index in [1.54, 1.807) is 17.0 Å². The zero-order chi connectivity index (χ0) is 22.1. The molecule has 164 valence electrons. The molecule has 0 aliphatic carbocycles. The first-order valence-electron chi connectivity index (χ1n) is 10.6. The number of nitrogens with one attached hydrogen (secondary N) is 2. The summed E-state index contributed by atoms with van der Waals surface area (Å²) in [4.78, 5) is 29.2. The first kappa shape index (κ1) is 23.6. The molecule has 0 radical (unpaired) electrons. The van der Waals surface area contributed by atoms with E-state index in [1.165, 1.54) is 12.1 Å². The Hall–Kier alpha value is -2.66. The standard InChI is InChI=1S/C22H32FN5O2/c1-4-5-19(26-22(30)25-15-17-6-8-18(23)9-7-17)21(29)28-12-10-27(11-13-28)20(14-24)16(2)3/h6-9,16,19-20H,4-5,10-13,15H2,1-3H3,(H2,25,26,30). The van der Waals surface area contributed by atoms with Crippen LogP contribution in [0.4, 0.5) is 9.18 Å². The largest absolute Gasteiger partial charge is 0.338 e. The third-order valence-corrected chi connectivity index (χ3v) is 5.33. The van der Waals surface area contributed by atoms with Gasteiger partial charge in [0.25, 0.3) is 0 Å². The van der Waals surface area contributed by atoms with Crippen molar-refractivity contribution in [3.8, 4) is 6.07 Å². The average molecular weight is 418 g/mol. The first-order valence-corrected chi connectivity index (χ1v) is 10.6. The molecule has 2 rings (SSSR count). The maximum atomic E-state index is 13.0. The van der Waals surface area contributed by atoms with E-state index in [9.17, 15) is 19.2 Å². The van der Waals surface area contributed by atoms with Crippen LogP contribution < -0.4 is 10.6 Å². The minimum atomic E-state index is -0.591. The van der Waals surface area contributed by atoms with E-state index >= 15 is 0 Å². The summed E-state index contributed by atoms with van der Waals surface area (Å²) in [7, 11) is 0. The van der Waals surface area contributed by atoms with Gasteiger partial charge in [-0.25, -0.2) is 9.18 Å². The molecule has 2 atom stereocenters. The Kier molecular flexibility index (Phi) is 9.06. The quantitative estimate of drug-likeness (QED) is 0.680. The molecule has 0 spiro atoms. The van der Waals surface area contributed by atoms with Crippen LogP contribution in [0.1, 0.15) is 39.2 Å². The molecule has 1 aliphatic rings. The fourth-order valence-electron chi connectivity index (χ4n) is 3.63. The number of carbonyl (C=O) groups excluding carboxylic acids is 2. The molecule has 3 amide bonds. The van der Waals surface area contributed by atoms with Crippen LogP contribution in [0.5, 0.6) is 0 Å². The average Bonchev–Trinajstić information content (AvgIpc) is 2.73. The van der Waals surface area contributed by atoms with Crippen LogP contribution in [0.3, 0.4) is 0 Å². The van der Waals surface area contributed by atoms with Gasteiger partial charge in [0.2, 0.25) is 5.91 Å². The number of hydrogen-bond acceptors (Lipinski definition) is 4. The fraction of sp³-hybridized carbons (Fsp3) is 0.591. The van der Waals surface area contributed by atoms with Gasteiger partial charge in [0.1, 0.15) is 17.9 Å². The van der Waals surface area contributed by atoms with Crippen LogP contribution in [0.25, 0.3) is 0 Å². The van der Waals surface area contributed by atoms with Gasteiger partial charge in [0.05, 0.1) is 6.07 Å². The Balaban J connectivity index is 1.87. The third-order valence-electron chi connectivity index (χ3n) is 5.33. The van der Waals surface area contributed by atoms with Gasteiger partial charge in [0, 0.05) is 32.7 Å². The molecule has 0 bridgehead atoms. The summed E-state index contributed by atoms with van der Waals surface area (Å²) in [5.41, 5.74) is 0.776. The van der Waals surface area contributed by atoms with E-state index in [0.717, 1.165) is 12.0 Å². The Morgan fingerprint density at radius 1 is 1.17 bits per heavy atom. The molecule has 2 unspecified atom stereocenters. The SMILES string of the molecule is CCCC(NC(=O)NCc1ccc(F)cc1)C(=O)N1CCN(C(C#N)C(C)C)CC1. The first-order chi connectivity index (χ1) is 14.3. The fourth-order valence-corrected chi connectivity index (χ4v) is 3.63. The van der Waals surface area contributed by atoms with Crippen molar-refractivity contribution in [1.29, 1.82) is 5.26 Å². The van der Waals surface area contributed by atoms with Crippen molar-refractivity contribution in [3.63, 3.8) is 0 Å². The van der Waals surface area contributed by atoms with Crippen LogP contribution in [0, 0.1) is 23.1 Å². The number of hydrogen-bond donors (Lipinski definition) is 2. The summed E-state index contributed by atoms with van der Waals surface area (Å²) in [6, 6.07) is 7.09. The molecule has 0 aromatic heterocycles. The van der Waals surface area contributed by atoms with Gasteiger partial charge in [-0.2, -0.15) is 5.26 Å². The molecule has 2 N–H and O–H groups in total. The lowest BCUT2D eigenvalue weighted by Crippen LogP contribution is -2.57. The van der Waals surface area contributed by atoms with E-state index in [0.29, 0.717) is 32.6 Å². The zero-order valence-corrected chi connectivity index (χ0v) is 18.0. The lowest BCUT2D eigenvalue weighted by molar-refractivity contribution is -0.135. The van der Waals surface area contributed by atoms with Crippen LogP contribution in [-0.4, -0.2) is 60.0 Å². The van der Waals surface area contributed by atoms with E-state index in [4.69, 9.17) is 0 Å². The summed E-state index contributed by atoms with van der Waals surface area (Å²) in [5, 5.41) is 14.9. The van der Waals surface area contributed by atoms with E-state index in [1.807, 2.05) is 20.8 Å². The van der Waals surface area contributed by atoms with Crippen LogP contribution in [0.15, 0.2) is 24.3 Å². The predicted octanol–water partition coefficient (Wildman–Crippen LogP) is 2.49. The van der Waals surface area contributed by atoms with Crippen molar-refractivity contribution < 1.29 is 14.0 Å². The van der Waals surface area contributed by atoms with Gasteiger partial charge >= 0.3 is 6.03 Å². The molecule has 1 aromatic carbocycles. The highest BCUT2D eigenvalue weighted by Gasteiger charge is 2.31. The summed E-state index contributed by atoms with van der Waals surface area (Å²) >= 11 is 0. The Morgan fingerprint density at radius 2 is 1.80 bits per heavy atom. The molecule has 1 fully saturated rings. The van der Waals surface area contributed by atoms with Crippen LogP contribution in [0.2, 0.25) is 0 Å². The van der Waals surface area contributed by atoms with E-state index in [-0.39, 0.29) is 30.2 Å². The van der Waals surface area contributed by atoms with Gasteiger partial charge in [-0.15, -0.1) is 0 Å². The molecule has 0 saturated carbocycles. The van der Waals surface area contributed by atoms with Crippen molar-refractivity contribution in [1.82, 2.24) is 20.4 Å². The summed E-state index contributed by atoms with van der Waals surface area (Å²) in [6.45, 7) is 8.66. The predicted molar refractivity (Wildman–Crippen MR) is 113 cm³/mol. The highest BCUT2D eigenvalue weighted by Crippen LogP contribution is 2.14. The molecule has 1 aromatic rings. The molecule has 1 heterocycles. The smallest absolute Gasteiger partial charge is 0.315 e. The number of carbonyl (C=O) groups is 2. The summed E-state index contributed by atoms with van der Waals surface area (Å²) in [6.07, 6.45) is 1.31. The second kappa shape index (κ2) is 11.5. The van der Waals surface area contributed by atoms with Gasteiger partial charge in [-0.3, -0.25) is 9.69 Å².